The average molecular weight is 464 g/mol. The van der Waals surface area contributed by atoms with Crippen molar-refractivity contribution >= 4 is 53.0 Å². The van der Waals surface area contributed by atoms with Crippen molar-refractivity contribution in [1.29, 1.82) is 0 Å². The van der Waals surface area contributed by atoms with Crippen molar-refractivity contribution in [2.24, 2.45) is 11.1 Å². The van der Waals surface area contributed by atoms with Crippen LogP contribution in [0.5, 0.6) is 0 Å². The molecular formula is C15H30ClN3O9S. The zero-order chi connectivity index (χ0) is 20.5. The molecule has 0 heterocycles. The van der Waals surface area contributed by atoms with E-state index in [0.29, 0.717) is 0 Å². The number of halogens is 1. The van der Waals surface area contributed by atoms with Crippen molar-refractivity contribution in [3.63, 3.8) is 0 Å². The number of carboxylic acids is 2. The van der Waals surface area contributed by atoms with E-state index in [2.05, 4.69) is 10.6 Å². The molecule has 0 aliphatic rings. The van der Waals surface area contributed by atoms with Gasteiger partial charge in [-0.3, -0.25) is 24.0 Å². The van der Waals surface area contributed by atoms with Crippen LogP contribution in [0.4, 0.5) is 0 Å². The first-order valence-corrected chi connectivity index (χ1v) is 8.77. The summed E-state index contributed by atoms with van der Waals surface area (Å²) in [5, 5.41) is 21.6. The third-order valence-corrected chi connectivity index (χ3v) is 4.43. The second kappa shape index (κ2) is 15.9. The predicted octanol–water partition coefficient (Wildman–Crippen LogP) is -2.06. The van der Waals surface area contributed by atoms with Crippen LogP contribution < -0.4 is 16.4 Å². The molecule has 29 heavy (non-hydrogen) atoms. The number of aliphatic carboxylic acids is 2. The van der Waals surface area contributed by atoms with Crippen LogP contribution in [0.1, 0.15) is 33.6 Å². The van der Waals surface area contributed by atoms with Gasteiger partial charge in [-0.15, -0.1) is 12.4 Å². The summed E-state index contributed by atoms with van der Waals surface area (Å²) >= 11 is 0.845. The van der Waals surface area contributed by atoms with Crippen LogP contribution in [0.2, 0.25) is 0 Å². The Hall–Kier alpha value is -1.93. The number of hydrogen-bond acceptors (Lipinski definition) is 7. The Morgan fingerprint density at radius 3 is 2.00 bits per heavy atom. The van der Waals surface area contributed by atoms with Crippen LogP contribution in [0, 0.1) is 5.41 Å². The zero-order valence-electron chi connectivity index (χ0n) is 16.3. The maximum absolute atomic E-state index is 12.1. The highest BCUT2D eigenvalue weighted by atomic mass is 35.5. The normalized spacial score (nSPS) is 12.0. The van der Waals surface area contributed by atoms with E-state index in [4.69, 9.17) is 15.9 Å². The molecule has 0 saturated heterocycles. The van der Waals surface area contributed by atoms with E-state index >= 15 is 0 Å². The number of rotatable bonds is 10. The maximum atomic E-state index is 12.1. The van der Waals surface area contributed by atoms with Gasteiger partial charge in [-0.2, -0.15) is 0 Å². The highest BCUT2D eigenvalue weighted by Gasteiger charge is 2.27. The van der Waals surface area contributed by atoms with E-state index in [0.717, 1.165) is 11.8 Å². The first kappa shape index (κ1) is 34.6. The highest BCUT2D eigenvalue weighted by Crippen LogP contribution is 2.23. The monoisotopic (exact) mass is 463 g/mol. The molecule has 14 heteroatoms. The van der Waals surface area contributed by atoms with Gasteiger partial charge in [0.05, 0.1) is 0 Å². The molecule has 0 radical (unpaired) electrons. The molecule has 10 N–H and O–H groups in total. The summed E-state index contributed by atoms with van der Waals surface area (Å²) in [5.74, 6) is -3.97. The van der Waals surface area contributed by atoms with Gasteiger partial charge in [0, 0.05) is 17.6 Å². The third kappa shape index (κ3) is 15.6. The fraction of sp³-hybridized carbons (Fsp3) is 0.667. The number of nitrogens with two attached hydrogens (primary N) is 1. The van der Waals surface area contributed by atoms with Crippen LogP contribution in [0.15, 0.2) is 0 Å². The van der Waals surface area contributed by atoms with Gasteiger partial charge < -0.3 is 37.5 Å². The Balaban J connectivity index is -0.00000104. The first-order chi connectivity index (χ1) is 11.8. The van der Waals surface area contributed by atoms with E-state index in [1.807, 2.05) is 0 Å². The molecule has 0 aromatic carbocycles. The fourth-order valence-corrected chi connectivity index (χ4v) is 2.51. The molecule has 0 aromatic rings. The molecule has 0 aliphatic heterocycles. The molecular weight excluding hydrogens is 434 g/mol. The van der Waals surface area contributed by atoms with Crippen LogP contribution in [0.25, 0.3) is 0 Å². The average Bonchev–Trinajstić information content (AvgIpc) is 2.52. The molecule has 0 fully saturated rings. The minimum atomic E-state index is -1.26. The van der Waals surface area contributed by atoms with E-state index in [9.17, 15) is 24.0 Å². The molecule has 0 aliphatic carbocycles. The minimum Gasteiger partial charge on any atom is -0.480 e. The van der Waals surface area contributed by atoms with E-state index in [1.54, 1.807) is 20.8 Å². The van der Waals surface area contributed by atoms with Crippen molar-refractivity contribution in [1.82, 2.24) is 10.6 Å². The van der Waals surface area contributed by atoms with Crippen LogP contribution >= 0.6 is 24.2 Å². The summed E-state index contributed by atoms with van der Waals surface area (Å²) in [6.45, 7) is 4.47. The summed E-state index contributed by atoms with van der Waals surface area (Å²) < 4.78 is 0. The summed E-state index contributed by atoms with van der Waals surface area (Å²) in [5.41, 5.74) is 4.66. The number of nitrogens with one attached hydrogen (secondary N) is 2. The number of carbonyl (C=O) groups excluding carboxylic acids is 3. The van der Waals surface area contributed by atoms with Gasteiger partial charge in [0.1, 0.15) is 18.6 Å². The smallest absolute Gasteiger partial charge is 0.322 e. The second-order valence-electron chi connectivity index (χ2n) is 6.56. The molecule has 0 spiro atoms. The van der Waals surface area contributed by atoms with E-state index < -0.39 is 47.8 Å². The number of hydrogen-bond donors (Lipinski definition) is 5. The van der Waals surface area contributed by atoms with Gasteiger partial charge in [-0.1, -0.05) is 32.5 Å². The Labute approximate surface area is 178 Å². The Morgan fingerprint density at radius 1 is 1.07 bits per heavy atom. The van der Waals surface area contributed by atoms with E-state index in [1.165, 1.54) is 0 Å². The van der Waals surface area contributed by atoms with Crippen LogP contribution in [0.3, 0.4) is 0 Å². The number of carbonyl (C=O) groups is 5. The van der Waals surface area contributed by atoms with Gasteiger partial charge >= 0.3 is 11.9 Å². The molecule has 0 aromatic heterocycles. The SMILES string of the molecule is CC(C)(C)C(=O)SC[C@H](NC(=O)CC[C@H](N)C(=O)O)C(=O)NCC(=O)O.Cl.O.O. The largest absolute Gasteiger partial charge is 0.480 e. The minimum absolute atomic E-state index is 0. The summed E-state index contributed by atoms with van der Waals surface area (Å²) in [7, 11) is 0. The predicted molar refractivity (Wildman–Crippen MR) is 109 cm³/mol. The van der Waals surface area contributed by atoms with Crippen molar-refractivity contribution in [3.05, 3.63) is 0 Å². The van der Waals surface area contributed by atoms with Crippen LogP contribution in [-0.4, -0.2) is 74.4 Å². The maximum Gasteiger partial charge on any atom is 0.322 e. The van der Waals surface area contributed by atoms with Gasteiger partial charge in [-0.05, 0) is 6.42 Å². The molecule has 0 bridgehead atoms. The van der Waals surface area contributed by atoms with Crippen molar-refractivity contribution in [2.75, 3.05) is 12.3 Å². The third-order valence-electron chi connectivity index (χ3n) is 3.06. The highest BCUT2D eigenvalue weighted by molar-refractivity contribution is 8.13. The fourth-order valence-electron chi connectivity index (χ4n) is 1.52. The Morgan fingerprint density at radius 2 is 1.59 bits per heavy atom. The first-order valence-electron chi connectivity index (χ1n) is 7.79. The topological polar surface area (TPSA) is 239 Å². The lowest BCUT2D eigenvalue weighted by Crippen LogP contribution is -2.49. The van der Waals surface area contributed by atoms with Crippen LogP contribution in [-0.2, 0) is 24.0 Å². The number of amides is 2. The summed E-state index contributed by atoms with van der Waals surface area (Å²) in [6.07, 6.45) is -0.354. The summed E-state index contributed by atoms with van der Waals surface area (Å²) in [6, 6.07) is -2.35. The molecule has 2 atom stereocenters. The number of carboxylic acid groups (broad SMARTS) is 2. The van der Waals surface area contributed by atoms with Gasteiger partial charge in [0.15, 0.2) is 5.12 Å². The molecule has 172 valence electrons. The molecule has 0 rings (SSSR count). The Kier molecular flexibility index (Phi) is 19.0. The van der Waals surface area contributed by atoms with Crippen molar-refractivity contribution in [2.45, 2.75) is 45.7 Å². The van der Waals surface area contributed by atoms with Gasteiger partial charge in [0.2, 0.25) is 11.8 Å². The van der Waals surface area contributed by atoms with Crippen molar-refractivity contribution in [3.8, 4) is 0 Å². The molecule has 0 unspecified atom stereocenters. The molecule has 2 amide bonds. The van der Waals surface area contributed by atoms with E-state index in [-0.39, 0.29) is 47.1 Å². The standard InChI is InChI=1S/C15H25N3O7S.ClH.2H2O/c1-15(2,3)14(25)26-7-9(12(22)17-6-11(20)21)18-10(19)5-4-8(16)13(23)24;;;/h8-9H,4-7,16H2,1-3H3,(H,17,22)(H,18,19)(H,20,21)(H,23,24);1H;2*1H2/t8-,9-;;;/m0.../s1. The lowest BCUT2D eigenvalue weighted by atomic mass is 10.00. The van der Waals surface area contributed by atoms with Crippen molar-refractivity contribution < 1.29 is 45.1 Å². The Bertz CT molecular complexity index is 570. The zero-order valence-corrected chi connectivity index (χ0v) is 17.9. The number of thioether (sulfide) groups is 1. The summed E-state index contributed by atoms with van der Waals surface area (Å²) in [4.78, 5) is 57.2. The quantitative estimate of drug-likeness (QED) is 0.239. The lowest BCUT2D eigenvalue weighted by Gasteiger charge is -2.20. The molecule has 0 saturated carbocycles. The second-order valence-corrected chi connectivity index (χ2v) is 7.56. The van der Waals surface area contributed by atoms with Gasteiger partial charge in [-0.25, -0.2) is 0 Å². The lowest BCUT2D eigenvalue weighted by molar-refractivity contribution is -0.139. The van der Waals surface area contributed by atoms with Gasteiger partial charge in [0.25, 0.3) is 0 Å². The molecule has 12 nitrogen and oxygen atoms in total.